The van der Waals surface area contributed by atoms with E-state index >= 15 is 0 Å². The van der Waals surface area contributed by atoms with Gasteiger partial charge in [0.2, 0.25) is 0 Å². The highest BCUT2D eigenvalue weighted by Crippen LogP contribution is 2.45. The number of carbonyl (C=O) groups is 2. The number of aryl methyl sites for hydroxylation is 1. The van der Waals surface area contributed by atoms with Crippen molar-refractivity contribution in [3.05, 3.63) is 131 Å². The van der Waals surface area contributed by atoms with E-state index in [-0.39, 0.29) is 12.6 Å². The summed E-state index contributed by atoms with van der Waals surface area (Å²) in [5.41, 5.74) is 9.41. The number of aromatic nitrogens is 5. The van der Waals surface area contributed by atoms with Crippen molar-refractivity contribution in [2.45, 2.75) is 71.1 Å². The molecule has 1 N–H and O–H groups in total. The highest BCUT2D eigenvalue weighted by molar-refractivity contribution is 7.22. The molecular weight excluding hydrogens is 794 g/mol. The van der Waals surface area contributed by atoms with Crippen LogP contribution in [0.3, 0.4) is 0 Å². The van der Waals surface area contributed by atoms with Gasteiger partial charge >= 0.3 is 11.9 Å². The van der Waals surface area contributed by atoms with Gasteiger partial charge in [-0.1, -0.05) is 48.0 Å². The highest BCUT2D eigenvalue weighted by Gasteiger charge is 2.36. The maximum absolute atomic E-state index is 13.6. The number of aliphatic carboxylic acids is 1. The molecule has 3 unspecified atom stereocenters. The standard InChI is InChI=1S/C48H42ClN5O5S/c1-6-58-47(57)43(59-48(3,4)5)41-26(2)19-39-44(42(41)27-11-14-32(49)15-12-27)60-45(53-39)30-17-18-50-37(22-30)29-13-16-40-31(20-29)25-51-54(40)33-23-35(46(55)56)34-21-28-9-7-8-10-36(28)52-38(34)24-33/h7-22,25,33,35,43H,6,23-24H2,1-5H3,(H,55,56). The van der Waals surface area contributed by atoms with Crippen molar-refractivity contribution in [1.29, 1.82) is 0 Å². The van der Waals surface area contributed by atoms with E-state index in [4.69, 9.17) is 41.1 Å². The number of esters is 1. The van der Waals surface area contributed by atoms with E-state index < -0.39 is 29.6 Å². The number of halogens is 1. The Kier molecular flexibility index (Phi) is 10.2. The molecule has 10 nitrogen and oxygen atoms in total. The molecule has 0 saturated carbocycles. The first-order valence-corrected chi connectivity index (χ1v) is 21.1. The van der Waals surface area contributed by atoms with Crippen LogP contribution in [0.2, 0.25) is 5.02 Å². The van der Waals surface area contributed by atoms with Gasteiger partial charge in [-0.15, -0.1) is 11.3 Å². The van der Waals surface area contributed by atoms with Crippen molar-refractivity contribution in [1.82, 2.24) is 24.7 Å². The number of pyridine rings is 2. The molecule has 0 saturated heterocycles. The summed E-state index contributed by atoms with van der Waals surface area (Å²) in [6, 6.07) is 29.4. The number of fused-ring (bicyclic) bond motifs is 4. The minimum absolute atomic E-state index is 0.175. The monoisotopic (exact) mass is 835 g/mol. The normalized spacial score (nSPS) is 16.0. The van der Waals surface area contributed by atoms with Crippen LogP contribution in [0.1, 0.15) is 74.6 Å². The van der Waals surface area contributed by atoms with Gasteiger partial charge in [0.1, 0.15) is 5.01 Å². The van der Waals surface area contributed by atoms with Crippen molar-refractivity contribution in [3.8, 4) is 33.0 Å². The number of nitrogens with zero attached hydrogens (tertiary/aromatic N) is 5. The topological polar surface area (TPSA) is 129 Å². The van der Waals surface area contributed by atoms with E-state index in [0.717, 1.165) is 87.4 Å². The van der Waals surface area contributed by atoms with Crippen LogP contribution < -0.4 is 0 Å². The van der Waals surface area contributed by atoms with Gasteiger partial charge in [0.15, 0.2) is 6.10 Å². The summed E-state index contributed by atoms with van der Waals surface area (Å²) in [6.45, 7) is 9.77. The Morgan fingerprint density at radius 3 is 2.48 bits per heavy atom. The maximum atomic E-state index is 13.6. The maximum Gasteiger partial charge on any atom is 0.339 e. The third-order valence-corrected chi connectivity index (χ3v) is 12.4. The average molecular weight is 836 g/mol. The number of para-hydroxylation sites is 1. The summed E-state index contributed by atoms with van der Waals surface area (Å²) in [6.07, 6.45) is 3.65. The lowest BCUT2D eigenvalue weighted by atomic mass is 9.82. The molecule has 0 spiro atoms. The average Bonchev–Trinajstić information content (AvgIpc) is 3.86. The molecule has 0 aliphatic heterocycles. The number of carbonyl (C=O) groups excluding carboxylic acids is 1. The predicted octanol–water partition coefficient (Wildman–Crippen LogP) is 11.3. The molecule has 8 aromatic rings. The van der Waals surface area contributed by atoms with E-state index in [1.807, 2.05) is 124 Å². The largest absolute Gasteiger partial charge is 0.481 e. The molecule has 1 aliphatic rings. The Morgan fingerprint density at radius 2 is 1.72 bits per heavy atom. The van der Waals surface area contributed by atoms with Crippen molar-refractivity contribution in [2.24, 2.45) is 0 Å². The van der Waals surface area contributed by atoms with Gasteiger partial charge in [-0.2, -0.15) is 5.10 Å². The molecule has 0 bridgehead atoms. The second-order valence-electron chi connectivity index (χ2n) is 16.2. The summed E-state index contributed by atoms with van der Waals surface area (Å²) in [5, 5.41) is 18.4. The summed E-state index contributed by atoms with van der Waals surface area (Å²) >= 11 is 7.90. The van der Waals surface area contributed by atoms with Crippen LogP contribution in [0.4, 0.5) is 0 Å². The lowest BCUT2D eigenvalue weighted by molar-refractivity contribution is -0.166. The highest BCUT2D eigenvalue weighted by atomic mass is 35.5. The van der Waals surface area contributed by atoms with Gasteiger partial charge in [-0.05, 0) is 112 Å². The van der Waals surface area contributed by atoms with Gasteiger partial charge < -0.3 is 14.6 Å². The van der Waals surface area contributed by atoms with Crippen molar-refractivity contribution < 1.29 is 24.2 Å². The molecule has 0 fully saturated rings. The Bertz CT molecular complexity index is 2970. The number of rotatable bonds is 9. The second kappa shape index (κ2) is 15.5. The van der Waals surface area contributed by atoms with Crippen molar-refractivity contribution >= 4 is 66.9 Å². The van der Waals surface area contributed by atoms with Gasteiger partial charge in [0.05, 0.1) is 57.3 Å². The van der Waals surface area contributed by atoms with Crippen LogP contribution in [0.15, 0.2) is 103 Å². The number of carboxylic acid groups (broad SMARTS) is 1. The van der Waals surface area contributed by atoms with Crippen LogP contribution >= 0.6 is 22.9 Å². The number of thiazole rings is 1. The number of benzene rings is 4. The fraction of sp³-hybridized carbons (Fsp3) is 0.250. The van der Waals surface area contributed by atoms with E-state index in [9.17, 15) is 14.7 Å². The Balaban J connectivity index is 1.08. The molecule has 9 rings (SSSR count). The predicted molar refractivity (Wildman–Crippen MR) is 236 cm³/mol. The van der Waals surface area contributed by atoms with E-state index in [2.05, 4.69) is 6.07 Å². The fourth-order valence-corrected chi connectivity index (χ4v) is 9.61. The van der Waals surface area contributed by atoms with Gasteiger partial charge in [0.25, 0.3) is 0 Å². The van der Waals surface area contributed by atoms with Crippen LogP contribution in [0.5, 0.6) is 0 Å². The molecule has 4 heterocycles. The number of ether oxygens (including phenoxy) is 2. The molecule has 0 amide bonds. The van der Waals surface area contributed by atoms with Crippen LogP contribution in [0.25, 0.3) is 65.0 Å². The molecule has 4 aromatic heterocycles. The molecule has 3 atom stereocenters. The molecule has 12 heteroatoms. The zero-order chi connectivity index (χ0) is 41.9. The van der Waals surface area contributed by atoms with Gasteiger partial charge in [0, 0.05) is 56.4 Å². The Hall–Kier alpha value is -6.01. The number of hydrogen-bond acceptors (Lipinski definition) is 9. The SMILES string of the molecule is CCOC(=O)C(OC(C)(C)C)c1c(C)cc2nc(-c3ccnc(-c4ccc5c(cnn5C5Cc6nc7ccccc7cc6C(C(=O)O)C5)c4)c3)sc2c1-c1ccc(Cl)cc1. The first-order chi connectivity index (χ1) is 28.8. The van der Waals surface area contributed by atoms with E-state index in [0.29, 0.717) is 17.9 Å². The summed E-state index contributed by atoms with van der Waals surface area (Å²) < 4.78 is 14.9. The molecule has 302 valence electrons. The minimum atomic E-state index is -0.970. The Morgan fingerprint density at radius 1 is 0.933 bits per heavy atom. The Labute approximate surface area is 355 Å². The van der Waals surface area contributed by atoms with Crippen molar-refractivity contribution in [3.63, 3.8) is 0 Å². The number of hydrogen-bond donors (Lipinski definition) is 1. The first-order valence-electron chi connectivity index (χ1n) is 19.9. The molecule has 1 aliphatic carbocycles. The van der Waals surface area contributed by atoms with Gasteiger partial charge in [-0.25, -0.2) is 9.78 Å². The smallest absolute Gasteiger partial charge is 0.339 e. The first kappa shape index (κ1) is 39.5. The number of carboxylic acids is 1. The molecule has 4 aromatic carbocycles. The third-order valence-electron chi connectivity index (χ3n) is 11.0. The summed E-state index contributed by atoms with van der Waals surface area (Å²) in [7, 11) is 0. The second-order valence-corrected chi connectivity index (χ2v) is 17.6. The molecule has 60 heavy (non-hydrogen) atoms. The molecular formula is C48H42ClN5O5S. The van der Waals surface area contributed by atoms with E-state index in [1.165, 1.54) is 0 Å². The van der Waals surface area contributed by atoms with E-state index in [1.54, 1.807) is 24.5 Å². The fourth-order valence-electron chi connectivity index (χ4n) is 8.36. The van der Waals surface area contributed by atoms with Gasteiger partial charge in [-0.3, -0.25) is 19.4 Å². The zero-order valence-electron chi connectivity index (χ0n) is 33.8. The molecule has 0 radical (unpaired) electrons. The quantitative estimate of drug-likeness (QED) is 0.141. The minimum Gasteiger partial charge on any atom is -0.481 e. The zero-order valence-corrected chi connectivity index (χ0v) is 35.3. The third kappa shape index (κ3) is 7.42. The van der Waals surface area contributed by atoms with Crippen LogP contribution in [-0.4, -0.2) is 54.0 Å². The lowest BCUT2D eigenvalue weighted by Crippen LogP contribution is -2.29. The lowest BCUT2D eigenvalue weighted by Gasteiger charge is -2.29. The van der Waals surface area contributed by atoms with Crippen LogP contribution in [0, 0.1) is 6.92 Å². The summed E-state index contributed by atoms with van der Waals surface area (Å²) in [4.78, 5) is 41.0. The summed E-state index contributed by atoms with van der Waals surface area (Å²) in [5.74, 6) is -1.99. The van der Waals surface area contributed by atoms with Crippen LogP contribution in [-0.2, 0) is 25.5 Å². The van der Waals surface area contributed by atoms with Crippen molar-refractivity contribution in [2.75, 3.05) is 6.61 Å².